The number of aryl methyl sites for hydroxylation is 2. The molecule has 0 amide bonds. The first-order valence-corrected chi connectivity index (χ1v) is 5.52. The van der Waals surface area contributed by atoms with Gasteiger partial charge in [0.05, 0.1) is 6.61 Å². The largest absolute Gasteiger partial charge is 0.491 e. The Bertz CT molecular complexity index is 316. The van der Waals surface area contributed by atoms with E-state index < -0.39 is 6.10 Å². The molecule has 2 N–H and O–H groups in total. The van der Waals surface area contributed by atoms with Gasteiger partial charge < -0.3 is 14.9 Å². The van der Waals surface area contributed by atoms with Gasteiger partial charge >= 0.3 is 0 Å². The molecule has 1 atom stereocenters. The molecule has 0 aliphatic heterocycles. The van der Waals surface area contributed by atoms with E-state index in [0.29, 0.717) is 5.75 Å². The van der Waals surface area contributed by atoms with Crippen LogP contribution >= 0.6 is 15.9 Å². The predicted octanol–water partition coefficient (Wildman–Crippen LogP) is 1.80. The number of rotatable bonds is 4. The van der Waals surface area contributed by atoms with Crippen molar-refractivity contribution < 1.29 is 14.9 Å². The molecule has 1 aromatic carbocycles. The van der Waals surface area contributed by atoms with Crippen molar-refractivity contribution in [2.45, 2.75) is 20.0 Å². The lowest BCUT2D eigenvalue weighted by atomic mass is 10.1. The van der Waals surface area contributed by atoms with E-state index in [9.17, 15) is 0 Å². The molecule has 0 heterocycles. The van der Waals surface area contributed by atoms with Crippen LogP contribution in [0.4, 0.5) is 0 Å². The molecule has 0 saturated heterocycles. The molecule has 84 valence electrons. The zero-order chi connectivity index (χ0) is 11.4. The normalized spacial score (nSPS) is 12.6. The Labute approximate surface area is 97.8 Å². The minimum Gasteiger partial charge on any atom is -0.491 e. The van der Waals surface area contributed by atoms with Gasteiger partial charge in [-0.2, -0.15) is 0 Å². The molecule has 0 aliphatic rings. The van der Waals surface area contributed by atoms with E-state index >= 15 is 0 Å². The van der Waals surface area contributed by atoms with E-state index in [1.165, 1.54) is 0 Å². The smallest absolute Gasteiger partial charge is 0.120 e. The number of ether oxygens (including phenoxy) is 1. The van der Waals surface area contributed by atoms with E-state index in [-0.39, 0.29) is 13.2 Å². The summed E-state index contributed by atoms with van der Waals surface area (Å²) in [5, 5.41) is 17.8. The molecule has 0 aromatic heterocycles. The minimum absolute atomic E-state index is 0.108. The van der Waals surface area contributed by atoms with Crippen LogP contribution in [-0.4, -0.2) is 29.5 Å². The van der Waals surface area contributed by atoms with Crippen molar-refractivity contribution in [3.63, 3.8) is 0 Å². The van der Waals surface area contributed by atoms with Gasteiger partial charge in [-0.3, -0.25) is 0 Å². The number of hydrogen-bond donors (Lipinski definition) is 2. The standard InChI is InChI=1S/C11H15BrO3/c1-7-3-10(4-8(2)11(7)12)15-6-9(14)5-13/h3-4,9,13-14H,5-6H2,1-2H3. The maximum absolute atomic E-state index is 9.13. The Morgan fingerprint density at radius 2 is 1.87 bits per heavy atom. The number of hydrogen-bond acceptors (Lipinski definition) is 3. The van der Waals surface area contributed by atoms with Gasteiger partial charge in [-0.05, 0) is 37.1 Å². The monoisotopic (exact) mass is 274 g/mol. The fourth-order valence-corrected chi connectivity index (χ4v) is 1.46. The van der Waals surface area contributed by atoms with Crippen molar-refractivity contribution in [3.8, 4) is 5.75 Å². The summed E-state index contributed by atoms with van der Waals surface area (Å²) in [5.41, 5.74) is 2.17. The number of benzene rings is 1. The van der Waals surface area contributed by atoms with Crippen LogP contribution in [0, 0.1) is 13.8 Å². The summed E-state index contributed by atoms with van der Waals surface area (Å²) in [7, 11) is 0. The van der Waals surface area contributed by atoms with Gasteiger partial charge in [0.1, 0.15) is 18.5 Å². The van der Waals surface area contributed by atoms with Gasteiger partial charge in [-0.25, -0.2) is 0 Å². The molecule has 1 rings (SSSR count). The SMILES string of the molecule is Cc1cc(OCC(O)CO)cc(C)c1Br. The van der Waals surface area contributed by atoms with Crippen LogP contribution in [0.15, 0.2) is 16.6 Å². The Morgan fingerprint density at radius 3 is 2.33 bits per heavy atom. The van der Waals surface area contributed by atoms with Crippen LogP contribution in [-0.2, 0) is 0 Å². The van der Waals surface area contributed by atoms with E-state index in [0.717, 1.165) is 15.6 Å². The molecule has 0 bridgehead atoms. The van der Waals surface area contributed by atoms with E-state index in [2.05, 4.69) is 15.9 Å². The lowest BCUT2D eigenvalue weighted by Crippen LogP contribution is -2.21. The van der Waals surface area contributed by atoms with Crippen LogP contribution in [0.5, 0.6) is 5.75 Å². The first-order chi connectivity index (χ1) is 7.04. The highest BCUT2D eigenvalue weighted by Crippen LogP contribution is 2.26. The molecule has 1 unspecified atom stereocenters. The molecule has 0 radical (unpaired) electrons. The van der Waals surface area contributed by atoms with Crippen LogP contribution in [0.1, 0.15) is 11.1 Å². The van der Waals surface area contributed by atoms with Gasteiger partial charge in [-0.15, -0.1) is 0 Å². The number of halogens is 1. The molecular weight excluding hydrogens is 260 g/mol. The highest BCUT2D eigenvalue weighted by molar-refractivity contribution is 9.10. The van der Waals surface area contributed by atoms with E-state index in [1.54, 1.807) is 0 Å². The molecule has 0 saturated carbocycles. The maximum Gasteiger partial charge on any atom is 0.120 e. The summed E-state index contributed by atoms with van der Waals surface area (Å²) in [6.07, 6.45) is -0.825. The Kier molecular flexibility index (Phi) is 4.57. The van der Waals surface area contributed by atoms with E-state index in [4.69, 9.17) is 14.9 Å². The molecule has 0 spiro atoms. The van der Waals surface area contributed by atoms with Crippen molar-refractivity contribution in [2.75, 3.05) is 13.2 Å². The molecule has 0 aliphatic carbocycles. The van der Waals surface area contributed by atoms with Gasteiger partial charge in [-0.1, -0.05) is 15.9 Å². The van der Waals surface area contributed by atoms with Crippen LogP contribution in [0.25, 0.3) is 0 Å². The number of aliphatic hydroxyl groups excluding tert-OH is 2. The quantitative estimate of drug-likeness (QED) is 0.881. The third-order valence-electron chi connectivity index (χ3n) is 2.06. The van der Waals surface area contributed by atoms with E-state index in [1.807, 2.05) is 26.0 Å². The molecule has 4 heteroatoms. The summed E-state index contributed by atoms with van der Waals surface area (Å²) in [6, 6.07) is 3.78. The molecule has 3 nitrogen and oxygen atoms in total. The van der Waals surface area contributed by atoms with Crippen LogP contribution < -0.4 is 4.74 Å². The predicted molar refractivity (Wildman–Crippen MR) is 62.2 cm³/mol. The van der Waals surface area contributed by atoms with Crippen molar-refractivity contribution in [1.29, 1.82) is 0 Å². The Morgan fingerprint density at radius 1 is 1.33 bits per heavy atom. The highest BCUT2D eigenvalue weighted by Gasteiger charge is 2.06. The summed E-state index contributed by atoms with van der Waals surface area (Å²) in [4.78, 5) is 0. The summed E-state index contributed by atoms with van der Waals surface area (Å²) >= 11 is 3.46. The fraction of sp³-hybridized carbons (Fsp3) is 0.455. The van der Waals surface area contributed by atoms with Gasteiger partial charge in [0.15, 0.2) is 0 Å². The third kappa shape index (κ3) is 3.48. The maximum atomic E-state index is 9.13. The third-order valence-corrected chi connectivity index (χ3v) is 3.31. The molecule has 15 heavy (non-hydrogen) atoms. The van der Waals surface area contributed by atoms with Crippen LogP contribution in [0.2, 0.25) is 0 Å². The first kappa shape index (κ1) is 12.5. The summed E-state index contributed by atoms with van der Waals surface area (Å²) < 4.78 is 6.41. The summed E-state index contributed by atoms with van der Waals surface area (Å²) in [5.74, 6) is 0.709. The fourth-order valence-electron chi connectivity index (χ4n) is 1.23. The zero-order valence-corrected chi connectivity index (χ0v) is 10.4. The average Bonchev–Trinajstić information content (AvgIpc) is 2.22. The average molecular weight is 275 g/mol. The van der Waals surface area contributed by atoms with Gasteiger partial charge in [0.25, 0.3) is 0 Å². The molecular formula is C11H15BrO3. The lowest BCUT2D eigenvalue weighted by Gasteiger charge is -2.12. The highest BCUT2D eigenvalue weighted by atomic mass is 79.9. The second-order valence-electron chi connectivity index (χ2n) is 3.52. The Balaban J connectivity index is 2.70. The number of aliphatic hydroxyl groups is 2. The van der Waals surface area contributed by atoms with Crippen LogP contribution in [0.3, 0.4) is 0 Å². The molecule has 1 aromatic rings. The Hall–Kier alpha value is -0.580. The van der Waals surface area contributed by atoms with Gasteiger partial charge in [0, 0.05) is 4.47 Å². The zero-order valence-electron chi connectivity index (χ0n) is 8.83. The van der Waals surface area contributed by atoms with Gasteiger partial charge in [0.2, 0.25) is 0 Å². The topological polar surface area (TPSA) is 49.7 Å². The van der Waals surface area contributed by atoms with Crippen molar-refractivity contribution in [1.82, 2.24) is 0 Å². The van der Waals surface area contributed by atoms with Crippen molar-refractivity contribution >= 4 is 15.9 Å². The second-order valence-corrected chi connectivity index (χ2v) is 4.31. The van der Waals surface area contributed by atoms with Crippen molar-refractivity contribution in [2.24, 2.45) is 0 Å². The minimum atomic E-state index is -0.825. The molecule has 0 fully saturated rings. The van der Waals surface area contributed by atoms with Crippen molar-refractivity contribution in [3.05, 3.63) is 27.7 Å². The first-order valence-electron chi connectivity index (χ1n) is 4.73. The summed E-state index contributed by atoms with van der Waals surface area (Å²) in [6.45, 7) is 3.78. The second kappa shape index (κ2) is 5.49. The lowest BCUT2D eigenvalue weighted by molar-refractivity contribution is 0.0536.